The number of nitrogens with zero attached hydrogens (tertiary/aromatic N) is 3. The summed E-state index contributed by atoms with van der Waals surface area (Å²) in [5.74, 6) is -4.66. The second-order valence-corrected chi connectivity index (χ2v) is 11.1. The Labute approximate surface area is 269 Å². The predicted molar refractivity (Wildman–Crippen MR) is 162 cm³/mol. The van der Waals surface area contributed by atoms with E-state index in [1.165, 1.54) is 22.8 Å². The minimum absolute atomic E-state index is 0.0220. The number of hydrogen-bond donors (Lipinski definition) is 10. The SMILES string of the molecule is NC1=N[C@H]2[C@H](COC(=O)NCCNC(=O)OCc3cc(=O)oc4cc(N(CC(=O)O)CC(=O)O)ccc34)NC(N)=[N+]3CCC(O)(O)[C@]23N1. The van der Waals surface area contributed by atoms with Crippen molar-refractivity contribution in [2.45, 2.75) is 36.6 Å². The van der Waals surface area contributed by atoms with Gasteiger partial charge in [0.25, 0.3) is 0 Å². The number of carboxylic acids is 2. The van der Waals surface area contributed by atoms with Crippen molar-refractivity contribution < 1.29 is 58.1 Å². The lowest BCUT2D eigenvalue weighted by Gasteiger charge is -2.42. The van der Waals surface area contributed by atoms with E-state index in [-0.39, 0.29) is 68.0 Å². The molecule has 1 saturated heterocycles. The molecular weight excluding hydrogens is 642 g/mol. The number of hydrogen-bond acceptors (Lipinski definition) is 16. The van der Waals surface area contributed by atoms with Gasteiger partial charge in [0, 0.05) is 48.3 Å². The Balaban J connectivity index is 1.09. The number of anilines is 1. The second-order valence-electron chi connectivity index (χ2n) is 11.1. The molecule has 0 bridgehead atoms. The van der Waals surface area contributed by atoms with Gasteiger partial charge in [0.2, 0.25) is 11.4 Å². The van der Waals surface area contributed by atoms with Crippen molar-refractivity contribution in [1.29, 1.82) is 0 Å². The van der Waals surface area contributed by atoms with Crippen molar-refractivity contribution in [3.05, 3.63) is 40.2 Å². The second kappa shape index (κ2) is 13.1. The highest BCUT2D eigenvalue weighted by Crippen LogP contribution is 2.41. The molecule has 1 spiro atoms. The van der Waals surface area contributed by atoms with E-state index >= 15 is 0 Å². The number of alkyl carbamates (subject to hydrolysis) is 2. The highest BCUT2D eigenvalue weighted by molar-refractivity contribution is 5.87. The summed E-state index contributed by atoms with van der Waals surface area (Å²) in [6.07, 6.45) is -1.75. The van der Waals surface area contributed by atoms with Crippen LogP contribution in [-0.4, -0.2) is 124 Å². The van der Waals surface area contributed by atoms with Crippen molar-refractivity contribution in [2.24, 2.45) is 16.5 Å². The summed E-state index contributed by atoms with van der Waals surface area (Å²) < 4.78 is 17.2. The zero-order valence-corrected chi connectivity index (χ0v) is 25.2. The lowest BCUT2D eigenvalue weighted by atomic mass is 9.87. The van der Waals surface area contributed by atoms with Crippen LogP contribution in [0.5, 0.6) is 0 Å². The lowest BCUT2D eigenvalue weighted by molar-refractivity contribution is -0.623. The van der Waals surface area contributed by atoms with Crippen LogP contribution in [0, 0.1) is 0 Å². The third-order valence-corrected chi connectivity index (χ3v) is 8.00. The standard InChI is InChI=1S/C27H33N9O12/c28-22-33-21-16(32-23(29)36-6-3-26(44,45)27(21,36)34-22)12-47-25(43)31-5-4-30-24(42)46-11-13-7-20(41)48-17-8-14(1-2-15(13)17)35(9-18(37)38)10-19(39)40/h1-2,7-8,16,21,44-45H,3-6,9-12H2,(H9,28,29,30,31,32,33,34,37,38,39,40,42,43)/p+1/t16-,21-,27-/m0/s1. The van der Waals surface area contributed by atoms with Crippen molar-refractivity contribution in [2.75, 3.05) is 44.2 Å². The van der Waals surface area contributed by atoms with Gasteiger partial charge in [-0.2, -0.15) is 0 Å². The molecule has 0 aliphatic carbocycles. The maximum absolute atomic E-state index is 12.3. The number of aliphatic hydroxyl groups is 2. The Bertz CT molecular complexity index is 1740. The van der Waals surface area contributed by atoms with E-state index in [9.17, 15) is 34.2 Å². The van der Waals surface area contributed by atoms with E-state index in [2.05, 4.69) is 26.3 Å². The fourth-order valence-corrected chi connectivity index (χ4v) is 5.97. The molecule has 12 N–H and O–H groups in total. The molecule has 4 heterocycles. The van der Waals surface area contributed by atoms with Gasteiger partial charge < -0.3 is 60.9 Å². The zero-order valence-electron chi connectivity index (χ0n) is 25.2. The average Bonchev–Trinajstić information content (AvgIpc) is 3.50. The van der Waals surface area contributed by atoms with Gasteiger partial charge in [-0.15, -0.1) is 0 Å². The van der Waals surface area contributed by atoms with E-state index in [4.69, 9.17) is 35.6 Å². The Morgan fingerprint density at radius 3 is 2.40 bits per heavy atom. The van der Waals surface area contributed by atoms with Crippen molar-refractivity contribution in [3.63, 3.8) is 0 Å². The highest BCUT2D eigenvalue weighted by Gasteiger charge is 2.71. The Morgan fingerprint density at radius 2 is 1.73 bits per heavy atom. The largest absolute Gasteiger partial charge is 0.480 e. The number of guanidine groups is 2. The molecule has 48 heavy (non-hydrogen) atoms. The highest BCUT2D eigenvalue weighted by atomic mass is 16.6. The van der Waals surface area contributed by atoms with Crippen LogP contribution in [0.1, 0.15) is 12.0 Å². The molecule has 3 aliphatic heterocycles. The first-order valence-electron chi connectivity index (χ1n) is 14.5. The molecule has 3 aliphatic rings. The molecule has 3 atom stereocenters. The van der Waals surface area contributed by atoms with Gasteiger partial charge in [-0.05, 0) is 12.1 Å². The third kappa shape index (κ3) is 6.66. The maximum atomic E-state index is 12.3. The van der Waals surface area contributed by atoms with Crippen molar-refractivity contribution in [3.8, 4) is 0 Å². The van der Waals surface area contributed by atoms with Crippen LogP contribution in [0.3, 0.4) is 0 Å². The first-order chi connectivity index (χ1) is 22.7. The van der Waals surface area contributed by atoms with E-state index in [1.807, 2.05) is 0 Å². The summed E-state index contributed by atoms with van der Waals surface area (Å²) in [5, 5.41) is 50.7. The van der Waals surface area contributed by atoms with Gasteiger partial charge in [-0.1, -0.05) is 0 Å². The molecule has 0 unspecified atom stereocenters. The summed E-state index contributed by atoms with van der Waals surface area (Å²) in [6.45, 7) is -1.75. The lowest BCUT2D eigenvalue weighted by Crippen LogP contribution is -2.77. The summed E-state index contributed by atoms with van der Waals surface area (Å²) in [6, 6.07) is 3.72. The average molecular weight is 677 g/mol. The number of carbonyl (C=O) groups excluding carboxylic acids is 2. The van der Waals surface area contributed by atoms with Gasteiger partial charge >= 0.3 is 35.7 Å². The van der Waals surface area contributed by atoms with E-state index in [0.717, 1.165) is 11.0 Å². The number of carboxylic acid groups (broad SMARTS) is 2. The van der Waals surface area contributed by atoms with Gasteiger partial charge in [0.05, 0.1) is 6.54 Å². The molecule has 1 aromatic carbocycles. The first kappa shape index (κ1) is 33.5. The van der Waals surface area contributed by atoms with Crippen LogP contribution < -0.4 is 43.3 Å². The molecule has 21 nitrogen and oxygen atoms in total. The quantitative estimate of drug-likeness (QED) is 0.0444. The van der Waals surface area contributed by atoms with E-state index < -0.39 is 66.4 Å². The van der Waals surface area contributed by atoms with Gasteiger partial charge in [-0.3, -0.25) is 20.6 Å². The number of ether oxygens (including phenoxy) is 2. The van der Waals surface area contributed by atoms with Gasteiger partial charge in [0.15, 0.2) is 12.0 Å². The smallest absolute Gasteiger partial charge is 0.407 e. The normalized spacial score (nSPS) is 22.0. The Morgan fingerprint density at radius 1 is 1.06 bits per heavy atom. The van der Waals surface area contributed by atoms with Crippen LogP contribution in [-0.2, 0) is 25.7 Å². The van der Waals surface area contributed by atoms with Crippen LogP contribution in [0.4, 0.5) is 15.3 Å². The molecule has 5 rings (SSSR count). The predicted octanol–water partition coefficient (Wildman–Crippen LogP) is -3.91. The molecule has 2 aromatic rings. The summed E-state index contributed by atoms with van der Waals surface area (Å²) in [4.78, 5) is 64.5. The number of carbonyl (C=O) groups is 4. The number of benzene rings is 1. The number of amides is 2. The summed E-state index contributed by atoms with van der Waals surface area (Å²) >= 11 is 0. The molecule has 1 fully saturated rings. The Kier molecular flexibility index (Phi) is 9.16. The van der Waals surface area contributed by atoms with Gasteiger partial charge in [-0.25, -0.2) is 24.0 Å². The fraction of sp³-hybridized carbons (Fsp3) is 0.444. The minimum Gasteiger partial charge on any atom is -0.480 e. The van der Waals surface area contributed by atoms with Gasteiger partial charge in [0.1, 0.15) is 37.9 Å². The summed E-state index contributed by atoms with van der Waals surface area (Å²) in [7, 11) is 0. The first-order valence-corrected chi connectivity index (χ1v) is 14.5. The van der Waals surface area contributed by atoms with E-state index in [0.29, 0.717) is 5.39 Å². The zero-order chi connectivity index (χ0) is 34.8. The van der Waals surface area contributed by atoms with Crippen LogP contribution in [0.2, 0.25) is 0 Å². The molecule has 1 aromatic heterocycles. The number of aliphatic imine (C=N–C) groups is 1. The Hall–Kier alpha value is -5.83. The number of rotatable bonds is 12. The monoisotopic (exact) mass is 676 g/mol. The third-order valence-electron chi connectivity index (χ3n) is 8.00. The van der Waals surface area contributed by atoms with E-state index in [1.54, 1.807) is 0 Å². The van der Waals surface area contributed by atoms with Crippen molar-refractivity contribution in [1.82, 2.24) is 21.3 Å². The van der Waals surface area contributed by atoms with Crippen LogP contribution in [0.25, 0.3) is 11.0 Å². The molecule has 0 saturated carbocycles. The minimum atomic E-state index is -2.23. The topological polar surface area (TPSA) is 317 Å². The number of nitrogens with one attached hydrogen (secondary N) is 4. The molecular formula is C27H34N9O12+. The summed E-state index contributed by atoms with van der Waals surface area (Å²) in [5.41, 5.74) is 10.1. The number of nitrogens with two attached hydrogens (primary N) is 2. The molecule has 21 heteroatoms. The number of aliphatic carboxylic acids is 2. The van der Waals surface area contributed by atoms with Crippen LogP contribution >= 0.6 is 0 Å². The van der Waals surface area contributed by atoms with Crippen molar-refractivity contribution >= 4 is 52.7 Å². The molecule has 0 radical (unpaired) electrons. The van der Waals surface area contributed by atoms with Crippen LogP contribution in [0.15, 0.2) is 38.5 Å². The molecule has 258 valence electrons. The fourth-order valence-electron chi connectivity index (χ4n) is 5.97. The molecule has 2 amide bonds. The number of fused-ring (bicyclic) bond motifs is 1. The maximum Gasteiger partial charge on any atom is 0.407 e.